The van der Waals surface area contributed by atoms with Crippen LogP contribution in [0.15, 0.2) is 24.3 Å². The molecule has 0 spiro atoms. The predicted molar refractivity (Wildman–Crippen MR) is 104 cm³/mol. The van der Waals surface area contributed by atoms with Gasteiger partial charge in [0, 0.05) is 31.7 Å². The van der Waals surface area contributed by atoms with Crippen molar-refractivity contribution in [1.29, 1.82) is 0 Å². The average molecular weight is 410 g/mol. The summed E-state index contributed by atoms with van der Waals surface area (Å²) >= 11 is 0. The van der Waals surface area contributed by atoms with E-state index in [1.165, 1.54) is 0 Å². The number of nitrogens with one attached hydrogen (secondary N) is 2. The summed E-state index contributed by atoms with van der Waals surface area (Å²) in [5, 5.41) is 5.06. The monoisotopic (exact) mass is 409 g/mol. The van der Waals surface area contributed by atoms with Gasteiger partial charge in [-0.05, 0) is 37.7 Å². The molecule has 0 atom stereocenters. The number of rotatable bonds is 7. The molecule has 0 aromatic heterocycles. The summed E-state index contributed by atoms with van der Waals surface area (Å²) in [5.41, 5.74) is 0.787. The zero-order valence-corrected chi connectivity index (χ0v) is 16.8. The minimum absolute atomic E-state index is 0.177. The summed E-state index contributed by atoms with van der Waals surface area (Å²) in [4.78, 5) is 24.0. The van der Waals surface area contributed by atoms with Crippen molar-refractivity contribution in [1.82, 2.24) is 14.9 Å². The fraction of sp³-hybridized carbons (Fsp3) is 0.579. The first-order valence-electron chi connectivity index (χ1n) is 9.58. The van der Waals surface area contributed by atoms with Gasteiger partial charge in [-0.2, -0.15) is 0 Å². The quantitative estimate of drug-likeness (QED) is 0.643. The highest BCUT2D eigenvalue weighted by atomic mass is 32.2. The van der Waals surface area contributed by atoms with Crippen molar-refractivity contribution >= 4 is 21.8 Å². The molecule has 1 heterocycles. The van der Waals surface area contributed by atoms with Crippen LogP contribution in [0.1, 0.15) is 31.2 Å². The summed E-state index contributed by atoms with van der Waals surface area (Å²) in [6.07, 6.45) is 2.91. The van der Waals surface area contributed by atoms with Crippen LogP contribution in [0.2, 0.25) is 0 Å². The van der Waals surface area contributed by atoms with E-state index in [4.69, 9.17) is 4.74 Å². The van der Waals surface area contributed by atoms with Gasteiger partial charge in [-0.25, -0.2) is 12.7 Å². The molecule has 1 aliphatic carbocycles. The molecule has 8 nitrogen and oxygen atoms in total. The van der Waals surface area contributed by atoms with Crippen molar-refractivity contribution < 1.29 is 22.7 Å². The molecule has 2 aliphatic rings. The molecule has 0 bridgehead atoms. The highest BCUT2D eigenvalue weighted by Gasteiger charge is 2.41. The van der Waals surface area contributed by atoms with Crippen LogP contribution in [0.3, 0.4) is 0 Å². The second-order valence-electron chi connectivity index (χ2n) is 7.29. The molecule has 28 heavy (non-hydrogen) atoms. The smallest absolute Gasteiger partial charge is 0.309 e. The first kappa shape index (κ1) is 20.6. The van der Waals surface area contributed by atoms with Crippen LogP contribution in [-0.2, 0) is 26.2 Å². The molecule has 3 rings (SSSR count). The molecule has 1 aliphatic heterocycles. The van der Waals surface area contributed by atoms with Crippen LogP contribution in [0.25, 0.3) is 0 Å². The zero-order valence-electron chi connectivity index (χ0n) is 16.0. The van der Waals surface area contributed by atoms with Gasteiger partial charge in [0.05, 0.1) is 12.4 Å². The number of ether oxygens (including phenoxy) is 1. The Labute approximate surface area is 165 Å². The summed E-state index contributed by atoms with van der Waals surface area (Å²) in [6.45, 7) is 1.55. The van der Waals surface area contributed by atoms with E-state index in [9.17, 15) is 18.0 Å². The van der Waals surface area contributed by atoms with E-state index in [-0.39, 0.29) is 17.7 Å². The summed E-state index contributed by atoms with van der Waals surface area (Å²) in [6, 6.07) is 7.27. The first-order chi connectivity index (χ1) is 13.4. The maximum absolute atomic E-state index is 12.2. The van der Waals surface area contributed by atoms with Crippen molar-refractivity contribution in [3.63, 3.8) is 0 Å². The van der Waals surface area contributed by atoms with E-state index in [2.05, 4.69) is 10.6 Å². The third-order valence-electron chi connectivity index (χ3n) is 5.27. The van der Waals surface area contributed by atoms with Crippen LogP contribution in [0.5, 0.6) is 5.75 Å². The van der Waals surface area contributed by atoms with Crippen molar-refractivity contribution in [3.8, 4) is 5.75 Å². The number of amides is 2. The summed E-state index contributed by atoms with van der Waals surface area (Å²) < 4.78 is 31.3. The van der Waals surface area contributed by atoms with Gasteiger partial charge in [-0.3, -0.25) is 9.59 Å². The normalized spacial score (nSPS) is 18.5. The number of nitrogens with zero attached hydrogens (tertiary/aromatic N) is 1. The molecule has 1 saturated heterocycles. The van der Waals surface area contributed by atoms with Gasteiger partial charge in [-0.15, -0.1) is 0 Å². The lowest BCUT2D eigenvalue weighted by molar-refractivity contribution is -0.139. The number of hydrogen-bond donors (Lipinski definition) is 2. The SMILES string of the molecule is COc1ccccc1CNC(=O)C(=O)NCC1CCN(S(=O)(=O)C2CC2)CC1. The van der Waals surface area contributed by atoms with Crippen LogP contribution < -0.4 is 15.4 Å². The number of benzene rings is 1. The molecule has 2 fully saturated rings. The lowest BCUT2D eigenvalue weighted by Crippen LogP contribution is -2.45. The fourth-order valence-corrected chi connectivity index (χ4v) is 5.24. The number of piperidine rings is 1. The van der Waals surface area contributed by atoms with E-state index in [0.29, 0.717) is 38.2 Å². The number of hydrogen-bond acceptors (Lipinski definition) is 5. The lowest BCUT2D eigenvalue weighted by atomic mass is 9.98. The highest BCUT2D eigenvalue weighted by Crippen LogP contribution is 2.33. The first-order valence-corrected chi connectivity index (χ1v) is 11.1. The maximum atomic E-state index is 12.2. The Morgan fingerprint density at radius 3 is 2.36 bits per heavy atom. The third kappa shape index (κ3) is 5.02. The second-order valence-corrected chi connectivity index (χ2v) is 9.50. The molecular weight excluding hydrogens is 382 g/mol. The number of sulfonamides is 1. The largest absolute Gasteiger partial charge is 0.496 e. The van der Waals surface area contributed by atoms with E-state index in [0.717, 1.165) is 18.4 Å². The Kier molecular flexibility index (Phi) is 6.56. The molecule has 1 aromatic rings. The van der Waals surface area contributed by atoms with E-state index in [1.54, 1.807) is 17.5 Å². The molecule has 2 N–H and O–H groups in total. The third-order valence-corrected chi connectivity index (χ3v) is 7.67. The highest BCUT2D eigenvalue weighted by molar-refractivity contribution is 7.90. The van der Waals surface area contributed by atoms with E-state index >= 15 is 0 Å². The lowest BCUT2D eigenvalue weighted by Gasteiger charge is -2.31. The van der Waals surface area contributed by atoms with Gasteiger partial charge in [-0.1, -0.05) is 18.2 Å². The number of para-hydroxylation sites is 1. The Hall–Kier alpha value is -2.13. The van der Waals surface area contributed by atoms with Crippen molar-refractivity contribution in [3.05, 3.63) is 29.8 Å². The maximum Gasteiger partial charge on any atom is 0.309 e. The van der Waals surface area contributed by atoms with Crippen LogP contribution in [0, 0.1) is 5.92 Å². The summed E-state index contributed by atoms with van der Waals surface area (Å²) in [7, 11) is -1.57. The van der Waals surface area contributed by atoms with Gasteiger partial charge in [0.1, 0.15) is 5.75 Å². The van der Waals surface area contributed by atoms with Gasteiger partial charge < -0.3 is 15.4 Å². The molecule has 1 aromatic carbocycles. The Bertz CT molecular complexity index is 815. The Morgan fingerprint density at radius 1 is 1.07 bits per heavy atom. The Balaban J connectivity index is 1.39. The molecule has 1 saturated carbocycles. The van der Waals surface area contributed by atoms with Crippen molar-refractivity contribution in [2.24, 2.45) is 5.92 Å². The topological polar surface area (TPSA) is 105 Å². The van der Waals surface area contributed by atoms with E-state index in [1.807, 2.05) is 18.2 Å². The van der Waals surface area contributed by atoms with Crippen LogP contribution in [0.4, 0.5) is 0 Å². The number of methoxy groups -OCH3 is 1. The average Bonchev–Trinajstić information content (AvgIpc) is 3.56. The Morgan fingerprint density at radius 2 is 1.71 bits per heavy atom. The molecular formula is C19H27N3O5S. The van der Waals surface area contributed by atoms with Crippen LogP contribution in [-0.4, -0.2) is 56.5 Å². The minimum atomic E-state index is -3.12. The molecule has 9 heteroatoms. The van der Waals surface area contributed by atoms with Crippen LogP contribution >= 0.6 is 0 Å². The molecule has 154 valence electrons. The molecule has 2 amide bonds. The van der Waals surface area contributed by atoms with Gasteiger partial charge in [0.2, 0.25) is 10.0 Å². The second kappa shape index (κ2) is 8.91. The van der Waals surface area contributed by atoms with Gasteiger partial charge in [0.15, 0.2) is 0 Å². The number of carbonyl (C=O) groups excluding carboxylic acids is 2. The molecule has 0 unspecified atom stereocenters. The zero-order chi connectivity index (χ0) is 20.1. The van der Waals surface area contributed by atoms with Gasteiger partial charge in [0.25, 0.3) is 0 Å². The van der Waals surface area contributed by atoms with Crippen molar-refractivity contribution in [2.75, 3.05) is 26.7 Å². The van der Waals surface area contributed by atoms with Crippen molar-refractivity contribution in [2.45, 2.75) is 37.5 Å². The standard InChI is InChI=1S/C19H27N3O5S/c1-27-17-5-3-2-4-15(17)13-21-19(24)18(23)20-12-14-8-10-22(11-9-14)28(25,26)16-6-7-16/h2-5,14,16H,6-13H2,1H3,(H,20,23)(H,21,24). The molecule has 0 radical (unpaired) electrons. The van der Waals surface area contributed by atoms with E-state index < -0.39 is 21.8 Å². The minimum Gasteiger partial charge on any atom is -0.496 e. The summed E-state index contributed by atoms with van der Waals surface area (Å²) in [5.74, 6) is -0.546. The fourth-order valence-electron chi connectivity index (χ4n) is 3.37. The predicted octanol–water partition coefficient (Wildman–Crippen LogP) is 0.632. The van der Waals surface area contributed by atoms with Gasteiger partial charge >= 0.3 is 11.8 Å². The number of carbonyl (C=O) groups is 2.